The minimum absolute atomic E-state index is 0.0197. The van der Waals surface area contributed by atoms with Crippen molar-refractivity contribution >= 4 is 23.1 Å². The van der Waals surface area contributed by atoms with Crippen LogP contribution in [-0.4, -0.2) is 50.8 Å². The summed E-state index contributed by atoms with van der Waals surface area (Å²) in [6.07, 6.45) is 6.64. The first kappa shape index (κ1) is 28.7. The third-order valence-electron chi connectivity index (χ3n) is 9.77. The molecule has 0 saturated carbocycles. The summed E-state index contributed by atoms with van der Waals surface area (Å²) < 4.78 is 43.0. The van der Waals surface area contributed by atoms with Gasteiger partial charge in [-0.1, -0.05) is 0 Å². The third-order valence-corrected chi connectivity index (χ3v) is 13.2. The first-order chi connectivity index (χ1) is 20.3. The predicted molar refractivity (Wildman–Crippen MR) is 150 cm³/mol. The number of hydrogen-bond acceptors (Lipinski definition) is 8. The number of rotatable bonds is 4. The van der Waals surface area contributed by atoms with Crippen molar-refractivity contribution in [2.75, 3.05) is 36.8 Å². The summed E-state index contributed by atoms with van der Waals surface area (Å²) in [5, 5.41) is 10.0. The van der Waals surface area contributed by atoms with E-state index < -0.39 is 39.2 Å². The number of fused-ring (bicyclic) bond motifs is 4. The molecule has 12 heteroatoms. The molecule has 8 nitrogen and oxygen atoms in total. The Hall–Kier alpha value is -2.01. The normalized spacial score (nSPS) is 31.0. The quantitative estimate of drug-likeness (QED) is 0.223. The van der Waals surface area contributed by atoms with Crippen LogP contribution in [-0.2, 0) is 29.8 Å². The monoisotopic (exact) mass is 711 g/mol. The average Bonchev–Trinajstić information content (AvgIpc) is 3.38. The fraction of sp³-hybridized carbons (Fsp3) is 0.633. The van der Waals surface area contributed by atoms with Gasteiger partial charge in [0.15, 0.2) is 0 Å². The number of anilines is 2. The van der Waals surface area contributed by atoms with Gasteiger partial charge in [0.05, 0.1) is 0 Å². The third kappa shape index (κ3) is 4.90. The molecule has 4 atom stereocenters. The Kier molecular flexibility index (Phi) is 7.64. The van der Waals surface area contributed by atoms with Gasteiger partial charge in [-0.05, 0) is 0 Å². The van der Waals surface area contributed by atoms with Crippen LogP contribution < -0.4 is 35.3 Å². The molecule has 1 aliphatic carbocycles. The molecular formula is C30H35ClF2IN6O2-. The van der Waals surface area contributed by atoms with Crippen LogP contribution >= 0.6 is 11.6 Å². The summed E-state index contributed by atoms with van der Waals surface area (Å²) in [7, 11) is 0. The van der Waals surface area contributed by atoms with Gasteiger partial charge in [0, 0.05) is 0 Å². The Morgan fingerprint density at radius 2 is 2.05 bits per heavy atom. The number of alkyl halides is 2. The first-order valence-electron chi connectivity index (χ1n) is 15.0. The van der Waals surface area contributed by atoms with Crippen molar-refractivity contribution in [3.05, 3.63) is 39.3 Å². The molecule has 42 heavy (non-hydrogen) atoms. The summed E-state index contributed by atoms with van der Waals surface area (Å²) >= 11 is 5.65. The fourth-order valence-electron chi connectivity index (χ4n) is 7.71. The van der Waals surface area contributed by atoms with E-state index in [2.05, 4.69) is 15.9 Å². The number of nitrogens with two attached hydrogens (primary N) is 1. The second-order valence-electron chi connectivity index (χ2n) is 12.4. The molecule has 4 aliphatic heterocycles. The van der Waals surface area contributed by atoms with Crippen molar-refractivity contribution in [2.45, 2.75) is 86.1 Å². The molecule has 5 aliphatic rings. The molecule has 3 fully saturated rings. The minimum atomic E-state index is -0.930. The SMILES string of the molecule is N#C[C@@H]1CCCN(c2nc(O[I-]C34CCCN3C[C@H](F)C4)nc3c2CO[C@]2(CCCc4c(Cl)cc(N)c(F)c42)C3)CC1. The van der Waals surface area contributed by atoms with Gasteiger partial charge in [0.25, 0.3) is 0 Å². The van der Waals surface area contributed by atoms with Crippen LogP contribution in [0.2, 0.25) is 5.02 Å². The van der Waals surface area contributed by atoms with E-state index in [4.69, 9.17) is 35.1 Å². The molecule has 1 aromatic carbocycles. The van der Waals surface area contributed by atoms with Crippen molar-refractivity contribution in [1.82, 2.24) is 14.9 Å². The standard InChI is InChI=1S/C30H35ClF2IN6O2/c31-22-12-23(36)26(33)25-20(22)5-1-7-29(25)14-24-21(17-41-29)27(39-9-2-4-18(15-35)6-11-39)38-28(37-24)42-34-30-8-3-10-40(30)16-19(32)13-30/h12,18-19H,1-11,13-14,16-17,36H2/q-1/t18-,19-,29-,30?/m1/s1. The second kappa shape index (κ2) is 11.2. The molecule has 5 heterocycles. The fourth-order valence-corrected chi connectivity index (χ4v) is 10.8. The van der Waals surface area contributed by atoms with Gasteiger partial charge in [-0.2, -0.15) is 0 Å². The van der Waals surface area contributed by atoms with E-state index in [-0.39, 0.29) is 21.8 Å². The molecule has 1 unspecified atom stereocenters. The van der Waals surface area contributed by atoms with Crippen LogP contribution in [0.1, 0.15) is 73.8 Å². The topological polar surface area (TPSA) is 101 Å². The van der Waals surface area contributed by atoms with Gasteiger partial charge in [-0.3, -0.25) is 0 Å². The van der Waals surface area contributed by atoms with Crippen LogP contribution in [0.25, 0.3) is 0 Å². The van der Waals surface area contributed by atoms with E-state index in [0.29, 0.717) is 55.4 Å². The Labute approximate surface area is 260 Å². The maximum absolute atomic E-state index is 15.7. The van der Waals surface area contributed by atoms with Crippen LogP contribution in [0.3, 0.4) is 0 Å². The maximum atomic E-state index is 15.7. The van der Waals surface area contributed by atoms with E-state index in [0.717, 1.165) is 74.3 Å². The predicted octanol–water partition coefficient (Wildman–Crippen LogP) is 2.20. The Morgan fingerprint density at radius 3 is 2.90 bits per heavy atom. The number of nitriles is 1. The Balaban J connectivity index is 1.26. The molecular weight excluding hydrogens is 677 g/mol. The molecule has 0 bridgehead atoms. The Morgan fingerprint density at radius 1 is 1.17 bits per heavy atom. The van der Waals surface area contributed by atoms with E-state index in [1.54, 1.807) is 0 Å². The van der Waals surface area contributed by atoms with Crippen molar-refractivity contribution in [1.29, 1.82) is 5.26 Å². The molecule has 226 valence electrons. The van der Waals surface area contributed by atoms with E-state index in [1.807, 2.05) is 0 Å². The number of benzene rings is 1. The summed E-state index contributed by atoms with van der Waals surface area (Å²) in [5.41, 5.74) is 8.01. The zero-order valence-corrected chi connectivity index (χ0v) is 26.4. The van der Waals surface area contributed by atoms with Crippen molar-refractivity contribution < 1.29 is 38.2 Å². The van der Waals surface area contributed by atoms with Crippen molar-refractivity contribution in [3.8, 4) is 12.1 Å². The molecule has 0 radical (unpaired) electrons. The van der Waals surface area contributed by atoms with Crippen LogP contribution in [0.4, 0.5) is 20.3 Å². The summed E-state index contributed by atoms with van der Waals surface area (Å²) in [4.78, 5) is 14.4. The van der Waals surface area contributed by atoms with Gasteiger partial charge in [0.1, 0.15) is 0 Å². The molecule has 3 saturated heterocycles. The number of aromatic nitrogens is 2. The number of halogens is 4. The van der Waals surface area contributed by atoms with Crippen molar-refractivity contribution in [3.63, 3.8) is 0 Å². The van der Waals surface area contributed by atoms with Gasteiger partial charge >= 0.3 is 262 Å². The number of ether oxygens (including phenoxy) is 1. The molecule has 1 aromatic heterocycles. The molecule has 1 spiro atoms. The number of nitrogen functional groups attached to an aromatic ring is 1. The summed E-state index contributed by atoms with van der Waals surface area (Å²) in [6.45, 7) is 3.08. The van der Waals surface area contributed by atoms with Gasteiger partial charge in [-0.25, -0.2) is 0 Å². The molecule has 2 N–H and O–H groups in total. The van der Waals surface area contributed by atoms with Gasteiger partial charge in [0.2, 0.25) is 0 Å². The molecule has 7 rings (SSSR count). The Bertz CT molecular complexity index is 1440. The van der Waals surface area contributed by atoms with Crippen LogP contribution in [0.5, 0.6) is 6.01 Å². The van der Waals surface area contributed by atoms with Gasteiger partial charge in [-0.15, -0.1) is 0 Å². The average molecular weight is 712 g/mol. The van der Waals surface area contributed by atoms with E-state index in [1.165, 1.54) is 6.07 Å². The van der Waals surface area contributed by atoms with Crippen molar-refractivity contribution in [2.24, 2.45) is 5.92 Å². The van der Waals surface area contributed by atoms with E-state index >= 15 is 4.39 Å². The van der Waals surface area contributed by atoms with Gasteiger partial charge < -0.3 is 0 Å². The van der Waals surface area contributed by atoms with E-state index in [9.17, 15) is 9.65 Å². The molecule has 0 amide bonds. The zero-order chi connectivity index (χ0) is 29.1. The number of hydrogen-bond donors (Lipinski definition) is 1. The zero-order valence-electron chi connectivity index (χ0n) is 23.5. The number of nitrogens with zero attached hydrogens (tertiary/aromatic N) is 5. The summed E-state index contributed by atoms with van der Waals surface area (Å²) in [6, 6.07) is 4.23. The van der Waals surface area contributed by atoms with Crippen LogP contribution in [0, 0.1) is 23.1 Å². The first-order valence-corrected chi connectivity index (χ1v) is 17.3. The second-order valence-corrected chi connectivity index (χ2v) is 15.6. The van der Waals surface area contributed by atoms with Crippen LogP contribution in [0.15, 0.2) is 6.07 Å². The summed E-state index contributed by atoms with van der Waals surface area (Å²) in [5.74, 6) is 0.325. The molecule has 2 aromatic rings.